The number of hydrogen-bond donors (Lipinski definition) is 1. The summed E-state index contributed by atoms with van der Waals surface area (Å²) < 4.78 is 14.9. The number of amides is 1. The highest BCUT2D eigenvalue weighted by atomic mass is 32.2. The second kappa shape index (κ2) is 9.56. The van der Waals surface area contributed by atoms with Gasteiger partial charge >= 0.3 is 0 Å². The maximum atomic E-state index is 13.5. The summed E-state index contributed by atoms with van der Waals surface area (Å²) in [6.45, 7) is 4.11. The van der Waals surface area contributed by atoms with E-state index < -0.39 is 5.25 Å². The Balaban J connectivity index is 1.56. The Morgan fingerprint density at radius 2 is 1.97 bits per heavy atom. The van der Waals surface area contributed by atoms with Crippen LogP contribution >= 0.6 is 23.1 Å². The van der Waals surface area contributed by atoms with E-state index in [-0.39, 0.29) is 17.3 Å². The number of carbonyl (C=O) groups excluding carboxylic acids is 1. The summed E-state index contributed by atoms with van der Waals surface area (Å²) in [6, 6.07) is 15.0. The molecule has 0 aliphatic heterocycles. The SMILES string of the molecule is C=CCn1c(SC(C(=O)Nc2ccc(F)cc2)c2ccccc2)nc2sc3c(c2c1=O)CCC3. The number of fused-ring (bicyclic) bond motifs is 3. The molecule has 2 heterocycles. The van der Waals surface area contributed by atoms with Crippen LogP contribution in [0.2, 0.25) is 0 Å². The Hall–Kier alpha value is -3.23. The summed E-state index contributed by atoms with van der Waals surface area (Å²) in [6.07, 6.45) is 4.61. The van der Waals surface area contributed by atoms with Crippen LogP contribution in [0.25, 0.3) is 10.2 Å². The van der Waals surface area contributed by atoms with Gasteiger partial charge in [-0.3, -0.25) is 14.2 Å². The van der Waals surface area contributed by atoms with Crippen molar-refractivity contribution in [2.24, 2.45) is 0 Å². The number of aryl methyl sites for hydroxylation is 2. The van der Waals surface area contributed by atoms with E-state index in [0.717, 1.165) is 35.2 Å². The Labute approximate surface area is 204 Å². The van der Waals surface area contributed by atoms with Crippen LogP contribution in [0.3, 0.4) is 0 Å². The summed E-state index contributed by atoms with van der Waals surface area (Å²) in [5.74, 6) is -0.656. The lowest BCUT2D eigenvalue weighted by atomic mass is 10.1. The minimum atomic E-state index is -0.668. The fourth-order valence-corrected chi connectivity index (χ4v) is 6.59. The second-order valence-corrected chi connectivity index (χ2v) is 10.2. The zero-order chi connectivity index (χ0) is 23.7. The quantitative estimate of drug-likeness (QED) is 0.203. The van der Waals surface area contributed by atoms with Crippen LogP contribution in [-0.4, -0.2) is 15.5 Å². The molecule has 2 aromatic heterocycles. The van der Waals surface area contributed by atoms with Gasteiger partial charge in [-0.1, -0.05) is 48.2 Å². The van der Waals surface area contributed by atoms with E-state index in [0.29, 0.717) is 22.8 Å². The number of halogens is 1. The molecule has 1 amide bonds. The van der Waals surface area contributed by atoms with E-state index in [9.17, 15) is 14.0 Å². The summed E-state index contributed by atoms with van der Waals surface area (Å²) in [4.78, 5) is 33.7. The van der Waals surface area contributed by atoms with Crippen LogP contribution in [0, 0.1) is 5.82 Å². The average molecular weight is 492 g/mol. The molecule has 1 atom stereocenters. The van der Waals surface area contributed by atoms with Crippen molar-refractivity contribution in [2.75, 3.05) is 5.32 Å². The van der Waals surface area contributed by atoms with Crippen LogP contribution in [0.15, 0.2) is 77.2 Å². The van der Waals surface area contributed by atoms with Gasteiger partial charge in [0.25, 0.3) is 5.56 Å². The zero-order valence-corrected chi connectivity index (χ0v) is 19.9. The smallest absolute Gasteiger partial charge is 0.263 e. The van der Waals surface area contributed by atoms with Crippen LogP contribution < -0.4 is 10.9 Å². The van der Waals surface area contributed by atoms with Gasteiger partial charge in [0.1, 0.15) is 15.9 Å². The molecule has 0 saturated heterocycles. The van der Waals surface area contributed by atoms with Gasteiger partial charge in [0.15, 0.2) is 5.16 Å². The highest BCUT2D eigenvalue weighted by Crippen LogP contribution is 2.39. The minimum absolute atomic E-state index is 0.0856. The number of aromatic nitrogens is 2. The maximum absolute atomic E-state index is 13.5. The lowest BCUT2D eigenvalue weighted by Crippen LogP contribution is -2.25. The van der Waals surface area contributed by atoms with Gasteiger partial charge in [-0.15, -0.1) is 17.9 Å². The average Bonchev–Trinajstić information content (AvgIpc) is 3.43. The predicted molar refractivity (Wildman–Crippen MR) is 136 cm³/mol. The summed E-state index contributed by atoms with van der Waals surface area (Å²) in [5.41, 5.74) is 2.31. The topological polar surface area (TPSA) is 64.0 Å². The molecule has 4 aromatic rings. The first kappa shape index (κ1) is 22.6. The number of allylic oxidation sites excluding steroid dienone is 1. The van der Waals surface area contributed by atoms with E-state index in [2.05, 4.69) is 11.9 Å². The molecular formula is C26H22FN3O2S2. The molecule has 1 aliphatic carbocycles. The van der Waals surface area contributed by atoms with Crippen molar-refractivity contribution in [1.29, 1.82) is 0 Å². The zero-order valence-electron chi connectivity index (χ0n) is 18.3. The molecule has 34 heavy (non-hydrogen) atoms. The number of carbonyl (C=O) groups is 1. The standard InChI is InChI=1S/C26H22FN3O2S2/c1-2-15-30-25(32)21-19-9-6-10-20(19)33-24(21)29-26(30)34-22(16-7-4-3-5-8-16)23(31)28-18-13-11-17(27)12-14-18/h2-5,7-8,11-14,22H,1,6,9-10,15H2,(H,28,31). The molecular weight excluding hydrogens is 469 g/mol. The first-order valence-corrected chi connectivity index (χ1v) is 12.7. The molecule has 1 N–H and O–H groups in total. The highest BCUT2D eigenvalue weighted by molar-refractivity contribution is 8.00. The van der Waals surface area contributed by atoms with Crippen molar-refractivity contribution in [3.8, 4) is 0 Å². The Kier molecular flexibility index (Phi) is 6.34. The van der Waals surface area contributed by atoms with Gasteiger partial charge in [0.05, 0.1) is 5.39 Å². The highest BCUT2D eigenvalue weighted by Gasteiger charge is 2.27. The predicted octanol–water partition coefficient (Wildman–Crippen LogP) is 5.74. The van der Waals surface area contributed by atoms with Gasteiger partial charge in [0, 0.05) is 17.1 Å². The molecule has 1 unspecified atom stereocenters. The Morgan fingerprint density at radius 1 is 1.21 bits per heavy atom. The van der Waals surface area contributed by atoms with Crippen LogP contribution in [0.1, 0.15) is 27.7 Å². The minimum Gasteiger partial charge on any atom is -0.325 e. The van der Waals surface area contributed by atoms with Gasteiger partial charge in [0.2, 0.25) is 5.91 Å². The van der Waals surface area contributed by atoms with Crippen molar-refractivity contribution in [2.45, 2.75) is 36.2 Å². The number of thiophene rings is 1. The molecule has 0 fully saturated rings. The van der Waals surface area contributed by atoms with E-state index >= 15 is 0 Å². The second-order valence-electron chi connectivity index (χ2n) is 8.04. The van der Waals surface area contributed by atoms with Crippen LogP contribution in [0.5, 0.6) is 0 Å². The molecule has 0 spiro atoms. The van der Waals surface area contributed by atoms with Gasteiger partial charge in [-0.25, -0.2) is 9.37 Å². The lowest BCUT2D eigenvalue weighted by Gasteiger charge is -2.19. The number of hydrogen-bond acceptors (Lipinski definition) is 5. The van der Waals surface area contributed by atoms with Gasteiger partial charge in [-0.2, -0.15) is 0 Å². The molecule has 2 aromatic carbocycles. The van der Waals surface area contributed by atoms with Gasteiger partial charge < -0.3 is 5.32 Å². The maximum Gasteiger partial charge on any atom is 0.263 e. The first-order chi connectivity index (χ1) is 16.5. The van der Waals surface area contributed by atoms with Crippen molar-refractivity contribution in [3.63, 3.8) is 0 Å². The van der Waals surface area contributed by atoms with Crippen molar-refractivity contribution in [3.05, 3.63) is 99.4 Å². The molecule has 0 saturated carbocycles. The first-order valence-electron chi connectivity index (χ1n) is 11.0. The number of rotatable bonds is 7. The third-order valence-electron chi connectivity index (χ3n) is 5.78. The fraction of sp³-hybridized carbons (Fsp3) is 0.192. The van der Waals surface area contributed by atoms with Crippen molar-refractivity contribution >= 4 is 44.9 Å². The third-order valence-corrected chi connectivity index (χ3v) is 8.21. The molecule has 1 aliphatic rings. The summed E-state index contributed by atoms with van der Waals surface area (Å²) in [7, 11) is 0. The number of nitrogens with one attached hydrogen (secondary N) is 1. The molecule has 5 rings (SSSR count). The van der Waals surface area contributed by atoms with Crippen LogP contribution in [-0.2, 0) is 24.2 Å². The monoisotopic (exact) mass is 491 g/mol. The third kappa shape index (κ3) is 4.31. The largest absolute Gasteiger partial charge is 0.325 e. The number of benzene rings is 2. The van der Waals surface area contributed by atoms with Crippen LogP contribution in [0.4, 0.5) is 10.1 Å². The lowest BCUT2D eigenvalue weighted by molar-refractivity contribution is -0.115. The van der Waals surface area contributed by atoms with Crippen molar-refractivity contribution < 1.29 is 9.18 Å². The molecule has 8 heteroatoms. The van der Waals surface area contributed by atoms with Gasteiger partial charge in [-0.05, 0) is 54.7 Å². The number of anilines is 1. The molecule has 0 bridgehead atoms. The normalized spacial score (nSPS) is 13.6. The number of nitrogens with zero attached hydrogens (tertiary/aromatic N) is 2. The van der Waals surface area contributed by atoms with E-state index in [1.54, 1.807) is 22.0 Å². The Bertz CT molecular complexity index is 1430. The summed E-state index contributed by atoms with van der Waals surface area (Å²) in [5, 5.41) is 3.37. The van der Waals surface area contributed by atoms with Crippen molar-refractivity contribution in [1.82, 2.24) is 9.55 Å². The Morgan fingerprint density at radius 3 is 2.71 bits per heavy atom. The van der Waals surface area contributed by atoms with E-state index in [1.165, 1.54) is 40.9 Å². The van der Waals surface area contributed by atoms with E-state index in [1.807, 2.05) is 30.3 Å². The molecule has 172 valence electrons. The summed E-state index contributed by atoms with van der Waals surface area (Å²) >= 11 is 2.81. The van der Waals surface area contributed by atoms with E-state index in [4.69, 9.17) is 4.98 Å². The number of thioether (sulfide) groups is 1. The molecule has 5 nitrogen and oxygen atoms in total. The fourth-order valence-electron chi connectivity index (χ4n) is 4.19. The molecule has 0 radical (unpaired) electrons.